The number of aromatic nitrogens is 4. The van der Waals surface area contributed by atoms with Gasteiger partial charge in [-0.3, -0.25) is 14.4 Å². The molecule has 4 rings (SSSR count). The van der Waals surface area contributed by atoms with Crippen molar-refractivity contribution in [2.45, 2.75) is 71.5 Å². The Morgan fingerprint density at radius 1 is 0.808 bits per heavy atom. The first-order valence-electron chi connectivity index (χ1n) is 15.6. The first-order chi connectivity index (χ1) is 24.1. The van der Waals surface area contributed by atoms with Gasteiger partial charge in [0.25, 0.3) is 5.91 Å². The van der Waals surface area contributed by atoms with Crippen LogP contribution in [0.25, 0.3) is 0 Å². The van der Waals surface area contributed by atoms with Crippen LogP contribution >= 0.6 is 39.5 Å². The molecule has 0 fully saturated rings. The summed E-state index contributed by atoms with van der Waals surface area (Å²) in [5.74, 6) is 1.23. The van der Waals surface area contributed by atoms with Gasteiger partial charge in [0.05, 0.1) is 34.9 Å². The number of carbonyl (C=O) groups is 2. The normalized spacial score (nSPS) is 10.3. The number of nitrogen functional groups attached to an aromatic ring is 2. The number of hydrogen-bond donors (Lipinski definition) is 2. The van der Waals surface area contributed by atoms with Crippen LogP contribution < -0.4 is 20.9 Å². The van der Waals surface area contributed by atoms with Crippen LogP contribution in [-0.2, 0) is 4.84 Å². The zero-order valence-corrected chi connectivity index (χ0v) is 32.8. The summed E-state index contributed by atoms with van der Waals surface area (Å²) in [4.78, 5) is 45.4. The Balaban J connectivity index is 0.000000409. The van der Waals surface area contributed by atoms with E-state index in [4.69, 9.17) is 25.8 Å². The number of rotatable bonds is 12. The molecule has 12 nitrogen and oxygen atoms in total. The van der Waals surface area contributed by atoms with E-state index in [1.165, 1.54) is 74.3 Å². The highest BCUT2D eigenvalue weighted by atomic mass is 79.9. The van der Waals surface area contributed by atoms with E-state index in [0.29, 0.717) is 26.3 Å². The summed E-state index contributed by atoms with van der Waals surface area (Å²) in [7, 11) is 2.90. The predicted molar refractivity (Wildman–Crippen MR) is 207 cm³/mol. The van der Waals surface area contributed by atoms with E-state index in [1.807, 2.05) is 41.5 Å². The molecule has 4 N–H and O–H groups in total. The van der Waals surface area contributed by atoms with E-state index < -0.39 is 11.6 Å². The molecule has 0 aliphatic heterocycles. The molecule has 284 valence electrons. The van der Waals surface area contributed by atoms with Gasteiger partial charge in [-0.1, -0.05) is 44.8 Å². The van der Waals surface area contributed by atoms with Crippen LogP contribution in [0.4, 0.5) is 20.4 Å². The Hall–Kier alpha value is -4.06. The van der Waals surface area contributed by atoms with Crippen LogP contribution in [0.1, 0.15) is 75.2 Å². The Kier molecular flexibility index (Phi) is 20.1. The zero-order chi connectivity index (χ0) is 38.2. The summed E-state index contributed by atoms with van der Waals surface area (Å²) in [6.07, 6.45) is 2.74. The van der Waals surface area contributed by atoms with Crippen molar-refractivity contribution in [1.29, 1.82) is 0 Å². The highest BCUT2D eigenvalue weighted by molar-refractivity contribution is 9.10. The van der Waals surface area contributed by atoms with E-state index in [-0.39, 0.29) is 59.7 Å². The van der Waals surface area contributed by atoms with E-state index in [9.17, 15) is 18.4 Å². The summed E-state index contributed by atoms with van der Waals surface area (Å²) in [5, 5.41) is 2.14. The fourth-order valence-electron chi connectivity index (χ4n) is 3.75. The number of ether oxygens (including phenoxy) is 2. The Bertz CT molecular complexity index is 1770. The number of amides is 1. The van der Waals surface area contributed by atoms with Crippen LogP contribution in [0.5, 0.6) is 11.5 Å². The van der Waals surface area contributed by atoms with E-state index in [1.54, 1.807) is 6.07 Å². The van der Waals surface area contributed by atoms with Gasteiger partial charge in [-0.05, 0) is 91.5 Å². The lowest BCUT2D eigenvalue weighted by Gasteiger charge is -2.14. The molecule has 0 bridgehead atoms. The molecule has 4 aromatic rings. The number of nitrogens with two attached hydrogens (primary N) is 2. The number of nitrogens with zero attached hydrogens (tertiary/aromatic N) is 5. The van der Waals surface area contributed by atoms with Gasteiger partial charge in [0.15, 0.2) is 10.3 Å². The largest absolute Gasteiger partial charge is 0.490 e. The number of hydrogen-bond acceptors (Lipinski definition) is 13. The topological polar surface area (TPSA) is 169 Å². The molecule has 0 radical (unpaired) electrons. The summed E-state index contributed by atoms with van der Waals surface area (Å²) < 4.78 is 37.8. The number of benzene rings is 2. The van der Waals surface area contributed by atoms with Crippen molar-refractivity contribution >= 4 is 62.8 Å². The number of thioether (sulfide) groups is 2. The first-order valence-corrected chi connectivity index (χ1v) is 18.3. The molecule has 2 heterocycles. The maximum Gasteiger partial charge on any atom is 0.282 e. The van der Waals surface area contributed by atoms with Crippen LogP contribution in [0.3, 0.4) is 0 Å². The first kappa shape index (κ1) is 46.0. The molecule has 2 aromatic heterocycles. The molecule has 0 saturated heterocycles. The van der Waals surface area contributed by atoms with Gasteiger partial charge in [0, 0.05) is 19.4 Å². The molecular weight excluding hydrogens is 780 g/mol. The summed E-state index contributed by atoms with van der Waals surface area (Å²) in [6.45, 7) is 11.5. The van der Waals surface area contributed by atoms with Crippen molar-refractivity contribution in [3.63, 3.8) is 0 Å². The number of anilines is 2. The highest BCUT2D eigenvalue weighted by Crippen LogP contribution is 2.27. The van der Waals surface area contributed by atoms with Crippen LogP contribution in [0, 0.1) is 11.6 Å². The van der Waals surface area contributed by atoms with Gasteiger partial charge in [0.2, 0.25) is 5.78 Å². The smallest absolute Gasteiger partial charge is 0.282 e. The van der Waals surface area contributed by atoms with Crippen LogP contribution in [0.2, 0.25) is 0 Å². The van der Waals surface area contributed by atoms with Crippen molar-refractivity contribution in [2.24, 2.45) is 0 Å². The fraction of sp³-hybridized carbons (Fsp3) is 0.371. The van der Waals surface area contributed by atoms with Crippen molar-refractivity contribution in [2.75, 3.05) is 37.1 Å². The molecule has 0 aliphatic carbocycles. The highest BCUT2D eigenvalue weighted by Gasteiger charge is 2.21. The molecule has 1 amide bonds. The van der Waals surface area contributed by atoms with Gasteiger partial charge in [-0.15, -0.1) is 0 Å². The molecule has 0 aliphatic rings. The Morgan fingerprint density at radius 3 is 1.71 bits per heavy atom. The lowest BCUT2D eigenvalue weighted by Crippen LogP contribution is -2.26. The monoisotopic (exact) mass is 825 g/mol. The maximum absolute atomic E-state index is 13.6. The maximum atomic E-state index is 13.6. The Morgan fingerprint density at radius 2 is 1.27 bits per heavy atom. The molecule has 2 aromatic carbocycles. The van der Waals surface area contributed by atoms with E-state index >= 15 is 0 Å². The van der Waals surface area contributed by atoms with Gasteiger partial charge >= 0.3 is 0 Å². The summed E-state index contributed by atoms with van der Waals surface area (Å²) >= 11 is 6.10. The number of hydroxylamine groups is 2. The summed E-state index contributed by atoms with van der Waals surface area (Å²) in [5.41, 5.74) is 12.0. The second-order valence-corrected chi connectivity index (χ2v) is 13.9. The minimum atomic E-state index is -0.526. The fourth-order valence-corrected chi connectivity index (χ4v) is 5.29. The molecule has 0 unspecified atom stereocenters. The van der Waals surface area contributed by atoms with Gasteiger partial charge in [-0.25, -0.2) is 33.8 Å². The van der Waals surface area contributed by atoms with Gasteiger partial charge < -0.3 is 20.9 Å². The minimum Gasteiger partial charge on any atom is -0.490 e. The van der Waals surface area contributed by atoms with Crippen molar-refractivity contribution < 1.29 is 32.7 Å². The molecule has 0 atom stereocenters. The molecule has 0 spiro atoms. The second-order valence-electron chi connectivity index (χ2n) is 10.6. The molecule has 52 heavy (non-hydrogen) atoms. The molecular formula is C35H46BrF2N7O5S2. The minimum absolute atomic E-state index is 0. The van der Waals surface area contributed by atoms with Gasteiger partial charge in [-0.2, -0.15) is 0 Å². The zero-order valence-electron chi connectivity index (χ0n) is 29.6. The number of ketones is 1. The van der Waals surface area contributed by atoms with Crippen LogP contribution in [0.15, 0.2) is 63.6 Å². The lowest BCUT2D eigenvalue weighted by molar-refractivity contribution is -0.0756. The van der Waals surface area contributed by atoms with Crippen molar-refractivity contribution in [3.05, 3.63) is 81.6 Å². The number of carbonyl (C=O) groups excluding carboxylic acids is 2. The Labute approximate surface area is 320 Å². The second kappa shape index (κ2) is 22.8. The van der Waals surface area contributed by atoms with Crippen molar-refractivity contribution in [3.8, 4) is 11.5 Å². The average molecular weight is 827 g/mol. The lowest BCUT2D eigenvalue weighted by atomic mass is 10.0. The number of halogens is 3. The van der Waals surface area contributed by atoms with Crippen molar-refractivity contribution in [1.82, 2.24) is 25.0 Å². The third kappa shape index (κ3) is 14.5. The van der Waals surface area contributed by atoms with Crippen LogP contribution in [-0.4, -0.2) is 74.6 Å². The quantitative estimate of drug-likeness (QED) is 0.0608. The molecule has 17 heteroatoms. The van der Waals surface area contributed by atoms with E-state index in [0.717, 1.165) is 22.6 Å². The van der Waals surface area contributed by atoms with Gasteiger partial charge in [0.1, 0.15) is 40.3 Å². The predicted octanol–water partition coefficient (Wildman–Crippen LogP) is 8.14. The SMILES string of the molecule is C.CC(C)Oc1ccc(F)cc1Br.CCSc1ncc(C(=O)N(C)OC)c(N)n1.CCSc1ncc(C(=O)c2cc(F)ccc2OC(C)C)c(N)n1. The van der Waals surface area contributed by atoms with E-state index in [2.05, 4.69) is 35.9 Å². The summed E-state index contributed by atoms with van der Waals surface area (Å²) in [6, 6.07) is 8.18. The third-order valence-corrected chi connectivity index (χ3v) is 8.09. The third-order valence-electron chi connectivity index (χ3n) is 5.98. The standard InChI is InChI=1S/C16H18FN3O2S.C9H10BrFO.C9H14N4O2S.CH4/c1-4-23-16-19-8-12(15(18)20-16)14(21)11-7-10(17)5-6-13(11)22-9(2)3;1-6(2)12-9-4-3-7(11)5-8(9)10;1-4-16-9-11-5-6(7(10)12-9)8(14)13(2)15-3;/h5-9H,4H2,1-3H3,(H2,18,19,20);3-6H,1-2H3;5H,4H2,1-3H3,(H2,10,11,12);1H4. The average Bonchev–Trinajstić information content (AvgIpc) is 3.06. The molecule has 0 saturated carbocycles.